The summed E-state index contributed by atoms with van der Waals surface area (Å²) in [7, 11) is 0. The van der Waals surface area contributed by atoms with Crippen LogP contribution in [0.3, 0.4) is 0 Å². The van der Waals surface area contributed by atoms with Crippen molar-refractivity contribution < 1.29 is 4.74 Å². The van der Waals surface area contributed by atoms with Crippen molar-refractivity contribution in [2.75, 3.05) is 6.61 Å². The molecule has 0 unspecified atom stereocenters. The van der Waals surface area contributed by atoms with E-state index < -0.39 is 0 Å². The minimum atomic E-state index is 0.728. The quantitative estimate of drug-likeness (QED) is 0.716. The van der Waals surface area contributed by atoms with Crippen LogP contribution in [0, 0.1) is 6.92 Å². The fraction of sp³-hybridized carbons (Fsp3) is 0.294. The molecule has 0 saturated carbocycles. The number of aromatic nitrogens is 3. The van der Waals surface area contributed by atoms with Crippen molar-refractivity contribution in [3.63, 3.8) is 0 Å². The molecule has 2 aromatic heterocycles. The summed E-state index contributed by atoms with van der Waals surface area (Å²) < 4.78 is 5.93. The van der Waals surface area contributed by atoms with E-state index in [4.69, 9.17) is 4.74 Å². The first-order chi connectivity index (χ1) is 10.3. The van der Waals surface area contributed by atoms with E-state index in [2.05, 4.69) is 40.9 Å². The van der Waals surface area contributed by atoms with Gasteiger partial charge in [-0.1, -0.05) is 19.4 Å². The predicted molar refractivity (Wildman–Crippen MR) is 84.5 cm³/mol. The number of benzene rings is 1. The van der Waals surface area contributed by atoms with Gasteiger partial charge in [0.05, 0.1) is 17.7 Å². The van der Waals surface area contributed by atoms with Gasteiger partial charge in [-0.15, -0.1) is 0 Å². The standard InChI is InChI=1S/C17H19N3O/c1-3-4-10-21-15-11-12(2)7-8-13(15)16-19-14-6-5-9-18-17(14)20-16/h5-9,11H,3-4,10H2,1-2H3,(H,18,19,20). The van der Waals surface area contributed by atoms with Gasteiger partial charge in [-0.05, 0) is 43.2 Å². The Morgan fingerprint density at radius 3 is 2.95 bits per heavy atom. The zero-order valence-corrected chi connectivity index (χ0v) is 12.4. The number of unbranched alkanes of at least 4 members (excludes halogenated alkanes) is 1. The summed E-state index contributed by atoms with van der Waals surface area (Å²) in [6, 6.07) is 10.1. The maximum atomic E-state index is 5.93. The van der Waals surface area contributed by atoms with E-state index in [0.717, 1.165) is 47.7 Å². The number of hydrogen-bond acceptors (Lipinski definition) is 3. The van der Waals surface area contributed by atoms with Crippen molar-refractivity contribution in [2.24, 2.45) is 0 Å². The van der Waals surface area contributed by atoms with Gasteiger partial charge in [0, 0.05) is 6.20 Å². The molecule has 4 nitrogen and oxygen atoms in total. The summed E-state index contributed by atoms with van der Waals surface area (Å²) in [5.41, 5.74) is 3.83. The Hall–Kier alpha value is -2.36. The molecule has 0 fully saturated rings. The number of aromatic amines is 1. The van der Waals surface area contributed by atoms with Crippen LogP contribution in [0.5, 0.6) is 5.75 Å². The van der Waals surface area contributed by atoms with Crippen LogP contribution < -0.4 is 4.74 Å². The molecule has 4 heteroatoms. The first-order valence-electron chi connectivity index (χ1n) is 7.32. The van der Waals surface area contributed by atoms with Gasteiger partial charge in [0.25, 0.3) is 0 Å². The molecule has 0 bridgehead atoms. The second-order valence-corrected chi connectivity index (χ2v) is 5.16. The summed E-state index contributed by atoms with van der Waals surface area (Å²) >= 11 is 0. The molecule has 0 atom stereocenters. The molecule has 0 spiro atoms. The second-order valence-electron chi connectivity index (χ2n) is 5.16. The number of imidazole rings is 1. The van der Waals surface area contributed by atoms with Gasteiger partial charge in [0.1, 0.15) is 11.6 Å². The van der Waals surface area contributed by atoms with Gasteiger partial charge in [-0.3, -0.25) is 0 Å². The molecule has 3 rings (SSSR count). The monoisotopic (exact) mass is 281 g/mol. The van der Waals surface area contributed by atoms with Crippen molar-refractivity contribution in [3.05, 3.63) is 42.1 Å². The van der Waals surface area contributed by atoms with Crippen LogP contribution in [-0.2, 0) is 0 Å². The van der Waals surface area contributed by atoms with Gasteiger partial charge in [-0.2, -0.15) is 0 Å². The number of rotatable bonds is 5. The Bertz CT molecular complexity index is 716. The minimum absolute atomic E-state index is 0.728. The number of pyridine rings is 1. The zero-order chi connectivity index (χ0) is 14.7. The maximum absolute atomic E-state index is 5.93. The summed E-state index contributed by atoms with van der Waals surface area (Å²) in [4.78, 5) is 12.1. The molecule has 0 aliphatic carbocycles. The molecule has 0 aliphatic heterocycles. The smallest absolute Gasteiger partial charge is 0.178 e. The summed E-state index contributed by atoms with van der Waals surface area (Å²) in [5.74, 6) is 1.68. The van der Waals surface area contributed by atoms with Crippen LogP contribution in [0.1, 0.15) is 25.3 Å². The van der Waals surface area contributed by atoms with Crippen molar-refractivity contribution >= 4 is 11.2 Å². The Labute approximate surface area is 124 Å². The van der Waals surface area contributed by atoms with E-state index >= 15 is 0 Å². The number of H-pyrrole nitrogens is 1. The third-order valence-electron chi connectivity index (χ3n) is 3.41. The molecular formula is C17H19N3O. The van der Waals surface area contributed by atoms with Crippen molar-refractivity contribution in [3.8, 4) is 17.1 Å². The van der Waals surface area contributed by atoms with Crippen molar-refractivity contribution in [1.82, 2.24) is 15.0 Å². The predicted octanol–water partition coefficient (Wildman–Crippen LogP) is 4.11. The minimum Gasteiger partial charge on any atom is -0.493 e. The average molecular weight is 281 g/mol. The van der Waals surface area contributed by atoms with Gasteiger partial charge < -0.3 is 9.72 Å². The molecule has 108 valence electrons. The highest BCUT2D eigenvalue weighted by Gasteiger charge is 2.11. The zero-order valence-electron chi connectivity index (χ0n) is 12.4. The highest BCUT2D eigenvalue weighted by Crippen LogP contribution is 2.30. The molecule has 0 radical (unpaired) electrons. The van der Waals surface area contributed by atoms with E-state index in [1.165, 1.54) is 5.56 Å². The fourth-order valence-corrected chi connectivity index (χ4v) is 2.24. The molecule has 1 N–H and O–H groups in total. The molecule has 0 saturated heterocycles. The third-order valence-corrected chi connectivity index (χ3v) is 3.41. The molecule has 2 heterocycles. The second kappa shape index (κ2) is 5.95. The Morgan fingerprint density at radius 1 is 1.24 bits per heavy atom. The van der Waals surface area contributed by atoms with Crippen LogP contribution in [0.15, 0.2) is 36.5 Å². The summed E-state index contributed by atoms with van der Waals surface area (Å²) in [6.07, 6.45) is 3.92. The third kappa shape index (κ3) is 2.89. The lowest BCUT2D eigenvalue weighted by Gasteiger charge is -2.10. The van der Waals surface area contributed by atoms with E-state index in [-0.39, 0.29) is 0 Å². The first-order valence-corrected chi connectivity index (χ1v) is 7.32. The van der Waals surface area contributed by atoms with Crippen LogP contribution >= 0.6 is 0 Å². The lowest BCUT2D eigenvalue weighted by molar-refractivity contribution is 0.310. The van der Waals surface area contributed by atoms with Crippen LogP contribution in [0.25, 0.3) is 22.6 Å². The van der Waals surface area contributed by atoms with Crippen LogP contribution in [0.2, 0.25) is 0 Å². The molecule has 0 aliphatic rings. The molecular weight excluding hydrogens is 262 g/mol. The molecule has 1 aromatic carbocycles. The molecule has 21 heavy (non-hydrogen) atoms. The number of fused-ring (bicyclic) bond motifs is 1. The lowest BCUT2D eigenvalue weighted by atomic mass is 10.1. The number of ether oxygens (including phenoxy) is 1. The lowest BCUT2D eigenvalue weighted by Crippen LogP contribution is -1.99. The van der Waals surface area contributed by atoms with E-state index in [1.807, 2.05) is 18.2 Å². The van der Waals surface area contributed by atoms with Crippen molar-refractivity contribution in [2.45, 2.75) is 26.7 Å². The normalized spacial score (nSPS) is 11.0. The average Bonchev–Trinajstić information content (AvgIpc) is 2.91. The number of nitrogens with zero attached hydrogens (tertiary/aromatic N) is 2. The number of hydrogen-bond donors (Lipinski definition) is 1. The van der Waals surface area contributed by atoms with Crippen LogP contribution in [-0.4, -0.2) is 21.6 Å². The maximum Gasteiger partial charge on any atom is 0.178 e. The largest absolute Gasteiger partial charge is 0.493 e. The first kappa shape index (κ1) is 13.6. The Kier molecular flexibility index (Phi) is 3.86. The van der Waals surface area contributed by atoms with E-state index in [1.54, 1.807) is 6.20 Å². The Morgan fingerprint density at radius 2 is 2.14 bits per heavy atom. The number of nitrogens with one attached hydrogen (secondary N) is 1. The van der Waals surface area contributed by atoms with Gasteiger partial charge in [0.15, 0.2) is 5.65 Å². The highest BCUT2D eigenvalue weighted by atomic mass is 16.5. The number of aryl methyl sites for hydroxylation is 1. The highest BCUT2D eigenvalue weighted by molar-refractivity contribution is 5.77. The summed E-state index contributed by atoms with van der Waals surface area (Å²) in [5, 5.41) is 0. The van der Waals surface area contributed by atoms with Gasteiger partial charge in [-0.25, -0.2) is 9.97 Å². The SMILES string of the molecule is CCCCOc1cc(C)ccc1-c1nc2ncccc2[nH]1. The summed E-state index contributed by atoms with van der Waals surface area (Å²) in [6.45, 7) is 4.95. The van der Waals surface area contributed by atoms with Crippen molar-refractivity contribution in [1.29, 1.82) is 0 Å². The van der Waals surface area contributed by atoms with E-state index in [0.29, 0.717) is 0 Å². The van der Waals surface area contributed by atoms with Gasteiger partial charge >= 0.3 is 0 Å². The molecule has 0 amide bonds. The fourth-order valence-electron chi connectivity index (χ4n) is 2.24. The van der Waals surface area contributed by atoms with Gasteiger partial charge in [0.2, 0.25) is 0 Å². The topological polar surface area (TPSA) is 50.8 Å². The van der Waals surface area contributed by atoms with E-state index in [9.17, 15) is 0 Å². The molecule has 3 aromatic rings. The van der Waals surface area contributed by atoms with Crippen LogP contribution in [0.4, 0.5) is 0 Å². The Balaban J connectivity index is 1.99.